The summed E-state index contributed by atoms with van der Waals surface area (Å²) in [6.45, 7) is 3.54. The number of piperidine rings is 1. The number of imidazole rings is 1. The lowest BCUT2D eigenvalue weighted by Crippen LogP contribution is -2.35. The zero-order valence-corrected chi connectivity index (χ0v) is 21.6. The van der Waals surface area contributed by atoms with E-state index in [-0.39, 0.29) is 35.8 Å². The molecule has 6 rings (SSSR count). The summed E-state index contributed by atoms with van der Waals surface area (Å²) in [6, 6.07) is 11.9. The highest BCUT2D eigenvalue weighted by atomic mass is 19.1. The number of hydrogen-bond donors (Lipinski definition) is 1. The van der Waals surface area contributed by atoms with Crippen molar-refractivity contribution in [2.24, 2.45) is 0 Å². The predicted octanol–water partition coefficient (Wildman–Crippen LogP) is 3.88. The quantitative estimate of drug-likeness (QED) is 0.329. The summed E-state index contributed by atoms with van der Waals surface area (Å²) in [5, 5.41) is 18.2. The molecule has 2 saturated heterocycles. The van der Waals surface area contributed by atoms with Crippen molar-refractivity contribution in [3.63, 3.8) is 0 Å². The van der Waals surface area contributed by atoms with Crippen molar-refractivity contribution in [2.75, 3.05) is 19.7 Å². The van der Waals surface area contributed by atoms with Crippen molar-refractivity contribution in [3.05, 3.63) is 70.8 Å². The number of carbonyl (C=O) groups is 1. The fourth-order valence-electron chi connectivity index (χ4n) is 5.10. The molecule has 0 bridgehead atoms. The van der Waals surface area contributed by atoms with Crippen LogP contribution in [0.15, 0.2) is 40.8 Å². The van der Waals surface area contributed by atoms with Crippen LogP contribution in [-0.4, -0.2) is 61.3 Å². The number of oxazole rings is 1. The molecule has 0 saturated carbocycles. The Hall–Kier alpha value is -4.34. The SMILES string of the molecule is N#Cc1ccc(COc2cccc(C3CCN(Cc4nc5oc(C(=O)O)nc5n4CC4CCO4)CC3)n2)c(F)c1. The first-order valence-corrected chi connectivity index (χ1v) is 13.2. The first kappa shape index (κ1) is 25.9. The Morgan fingerprint density at radius 1 is 1.18 bits per heavy atom. The molecular weight excluding hydrogens is 519 g/mol. The molecule has 0 aliphatic carbocycles. The molecular formula is C28H27FN6O5. The molecule has 0 radical (unpaired) electrons. The third kappa shape index (κ3) is 5.38. The highest BCUT2D eigenvalue weighted by Crippen LogP contribution is 2.30. The molecule has 1 unspecified atom stereocenters. The van der Waals surface area contributed by atoms with E-state index < -0.39 is 11.8 Å². The van der Waals surface area contributed by atoms with E-state index in [9.17, 15) is 14.3 Å². The van der Waals surface area contributed by atoms with Crippen molar-refractivity contribution in [1.29, 1.82) is 5.26 Å². The van der Waals surface area contributed by atoms with Crippen molar-refractivity contribution >= 4 is 17.3 Å². The average Bonchev–Trinajstić information content (AvgIpc) is 3.49. The lowest BCUT2D eigenvalue weighted by molar-refractivity contribution is -0.0592. The summed E-state index contributed by atoms with van der Waals surface area (Å²) < 4.78 is 32.8. The number of aromatic nitrogens is 4. The van der Waals surface area contributed by atoms with Crippen LogP contribution in [0.3, 0.4) is 0 Å². The fraction of sp³-hybridized carbons (Fsp3) is 0.393. The Bertz CT molecular complexity index is 1580. The number of hydrogen-bond acceptors (Lipinski definition) is 9. The van der Waals surface area contributed by atoms with Gasteiger partial charge in [-0.25, -0.2) is 14.2 Å². The summed E-state index contributed by atoms with van der Waals surface area (Å²) >= 11 is 0. The highest BCUT2D eigenvalue weighted by molar-refractivity contribution is 5.85. The molecule has 206 valence electrons. The molecule has 4 aromatic rings. The molecule has 12 heteroatoms. The Morgan fingerprint density at radius 2 is 2.00 bits per heavy atom. The van der Waals surface area contributed by atoms with E-state index in [1.165, 1.54) is 6.07 Å². The first-order chi connectivity index (χ1) is 19.5. The van der Waals surface area contributed by atoms with Gasteiger partial charge in [-0.3, -0.25) is 4.90 Å². The Kier molecular flexibility index (Phi) is 7.15. The Morgan fingerprint density at radius 3 is 2.70 bits per heavy atom. The van der Waals surface area contributed by atoms with Crippen LogP contribution < -0.4 is 4.74 Å². The van der Waals surface area contributed by atoms with Crippen molar-refractivity contribution in [1.82, 2.24) is 24.4 Å². The van der Waals surface area contributed by atoms with E-state index in [4.69, 9.17) is 19.2 Å². The van der Waals surface area contributed by atoms with Gasteiger partial charge in [-0.2, -0.15) is 15.2 Å². The van der Waals surface area contributed by atoms with Gasteiger partial charge in [0.05, 0.1) is 30.8 Å². The predicted molar refractivity (Wildman–Crippen MR) is 138 cm³/mol. The lowest BCUT2D eigenvalue weighted by Gasteiger charge is -2.32. The van der Waals surface area contributed by atoms with Gasteiger partial charge in [0.15, 0.2) is 0 Å². The van der Waals surface area contributed by atoms with E-state index >= 15 is 0 Å². The van der Waals surface area contributed by atoms with Crippen molar-refractivity contribution in [2.45, 2.75) is 51.0 Å². The summed E-state index contributed by atoms with van der Waals surface area (Å²) in [6.07, 6.45) is 2.78. The Balaban J connectivity index is 1.08. The van der Waals surface area contributed by atoms with Gasteiger partial charge >= 0.3 is 11.9 Å². The number of carboxylic acids is 1. The van der Waals surface area contributed by atoms with Crippen LogP contribution in [0.2, 0.25) is 0 Å². The molecule has 11 nitrogen and oxygen atoms in total. The number of pyridine rings is 1. The maximum Gasteiger partial charge on any atom is 0.392 e. The average molecular weight is 547 g/mol. The third-order valence-electron chi connectivity index (χ3n) is 7.43. The summed E-state index contributed by atoms with van der Waals surface area (Å²) in [5.41, 5.74) is 2.22. The molecule has 0 amide bonds. The number of benzene rings is 1. The summed E-state index contributed by atoms with van der Waals surface area (Å²) in [7, 11) is 0. The van der Waals surface area contributed by atoms with Gasteiger partial charge in [-0.1, -0.05) is 12.1 Å². The number of aromatic carboxylic acids is 1. The number of ether oxygens (including phenoxy) is 2. The number of nitrogens with zero attached hydrogens (tertiary/aromatic N) is 6. The highest BCUT2D eigenvalue weighted by Gasteiger charge is 2.28. The van der Waals surface area contributed by atoms with Crippen molar-refractivity contribution < 1.29 is 28.2 Å². The van der Waals surface area contributed by atoms with Gasteiger partial charge < -0.3 is 23.6 Å². The number of nitriles is 1. The first-order valence-electron chi connectivity index (χ1n) is 13.2. The van der Waals surface area contributed by atoms with E-state index in [1.807, 2.05) is 22.8 Å². The zero-order chi connectivity index (χ0) is 27.6. The lowest BCUT2D eigenvalue weighted by atomic mass is 9.93. The second-order valence-electron chi connectivity index (χ2n) is 10.0. The van der Waals surface area contributed by atoms with Gasteiger partial charge in [0.25, 0.3) is 5.71 Å². The van der Waals surface area contributed by atoms with Gasteiger partial charge in [0, 0.05) is 29.8 Å². The summed E-state index contributed by atoms with van der Waals surface area (Å²) in [4.78, 5) is 27.0. The van der Waals surface area contributed by atoms with Gasteiger partial charge in [-0.15, -0.1) is 0 Å². The Labute approximate surface area is 228 Å². The molecule has 1 aromatic carbocycles. The monoisotopic (exact) mass is 546 g/mol. The number of likely N-dealkylation sites (tertiary alicyclic amines) is 1. The maximum absolute atomic E-state index is 14.2. The number of fused-ring (bicyclic) bond motifs is 1. The maximum atomic E-state index is 14.2. The minimum absolute atomic E-state index is 0.0245. The molecule has 2 fully saturated rings. The normalized spacial score (nSPS) is 17.9. The van der Waals surface area contributed by atoms with Crippen LogP contribution in [0.1, 0.15) is 58.5 Å². The number of carboxylic acid groups (broad SMARTS) is 1. The minimum Gasteiger partial charge on any atom is -0.474 e. The molecule has 3 aromatic heterocycles. The van der Waals surface area contributed by atoms with Gasteiger partial charge in [0.2, 0.25) is 11.5 Å². The second kappa shape index (κ2) is 11.0. The van der Waals surface area contributed by atoms with Crippen molar-refractivity contribution in [3.8, 4) is 11.9 Å². The molecule has 1 N–H and O–H groups in total. The largest absolute Gasteiger partial charge is 0.474 e. The van der Waals surface area contributed by atoms with E-state index in [1.54, 1.807) is 18.2 Å². The molecule has 0 spiro atoms. The molecule has 2 aliphatic heterocycles. The number of halogens is 1. The second-order valence-corrected chi connectivity index (χ2v) is 10.0. The van der Waals surface area contributed by atoms with Crippen LogP contribution in [0.4, 0.5) is 4.39 Å². The standard InChI is InChI=1S/C28H27FN6O5/c29-21-12-17(13-30)4-5-19(21)16-39-24-3-1-2-22(31-24)18-6-9-34(10-7-18)15-23-32-26-25(33-27(40-26)28(36)37)35(23)14-20-8-11-38-20/h1-5,12,18,20H,6-11,14-16H2,(H,36,37). The van der Waals surface area contributed by atoms with E-state index in [0.29, 0.717) is 30.2 Å². The smallest absolute Gasteiger partial charge is 0.392 e. The fourth-order valence-corrected chi connectivity index (χ4v) is 5.10. The van der Waals surface area contributed by atoms with Crippen LogP contribution in [0, 0.1) is 17.1 Å². The van der Waals surface area contributed by atoms with Crippen LogP contribution in [0.5, 0.6) is 5.88 Å². The topological polar surface area (TPSA) is 140 Å². The van der Waals surface area contributed by atoms with Crippen LogP contribution in [0.25, 0.3) is 11.4 Å². The van der Waals surface area contributed by atoms with E-state index in [0.717, 1.165) is 50.5 Å². The molecule has 5 heterocycles. The zero-order valence-electron chi connectivity index (χ0n) is 21.6. The minimum atomic E-state index is -1.22. The van der Waals surface area contributed by atoms with Gasteiger partial charge in [0.1, 0.15) is 18.2 Å². The van der Waals surface area contributed by atoms with Crippen LogP contribution >= 0.6 is 0 Å². The van der Waals surface area contributed by atoms with Crippen LogP contribution in [-0.2, 0) is 24.4 Å². The van der Waals surface area contributed by atoms with Gasteiger partial charge in [-0.05, 0) is 50.6 Å². The number of rotatable bonds is 9. The molecule has 40 heavy (non-hydrogen) atoms. The molecule has 2 aliphatic rings. The molecule has 1 atom stereocenters. The van der Waals surface area contributed by atoms with E-state index in [2.05, 4.69) is 19.9 Å². The third-order valence-corrected chi connectivity index (χ3v) is 7.43. The summed E-state index contributed by atoms with van der Waals surface area (Å²) in [5.74, 6) is -0.609.